The Bertz CT molecular complexity index is 939. The monoisotopic (exact) mass is 298 g/mol. The fraction of sp³-hybridized carbons (Fsp3) is 0.176. The van der Waals surface area contributed by atoms with E-state index in [4.69, 9.17) is 14.3 Å². The average Bonchev–Trinajstić information content (AvgIpc) is 2.51. The predicted molar refractivity (Wildman–Crippen MR) is 82.5 cm³/mol. The fourth-order valence-corrected chi connectivity index (χ4v) is 2.43. The first-order chi connectivity index (χ1) is 10.5. The van der Waals surface area contributed by atoms with Crippen LogP contribution in [-0.4, -0.2) is 17.2 Å². The first-order valence-electron chi connectivity index (χ1n) is 6.83. The van der Waals surface area contributed by atoms with Crippen molar-refractivity contribution >= 4 is 27.7 Å². The van der Waals surface area contributed by atoms with Gasteiger partial charge in [-0.1, -0.05) is 18.2 Å². The molecular weight excluding hydrogens is 284 g/mol. The second kappa shape index (κ2) is 5.18. The lowest BCUT2D eigenvalue weighted by Crippen LogP contribution is -2.23. The maximum Gasteiger partial charge on any atom is 0.344 e. The van der Waals surface area contributed by atoms with Crippen LogP contribution in [0.2, 0.25) is 0 Å². The largest absolute Gasteiger partial charge is 0.479 e. The van der Waals surface area contributed by atoms with E-state index in [9.17, 15) is 9.59 Å². The van der Waals surface area contributed by atoms with Gasteiger partial charge in [-0.25, -0.2) is 9.59 Å². The standard InChI is InChI=1S/C17H14O5/c1-9-14(21-10(2)16(18)19)8-7-12-11-5-3-4-6-13(11)17(20)22-15(9)12/h3-8,10H,1-2H3,(H,18,19)/t10-/m0/s1. The fourth-order valence-electron chi connectivity index (χ4n) is 2.43. The smallest absolute Gasteiger partial charge is 0.344 e. The van der Waals surface area contributed by atoms with Gasteiger partial charge in [0, 0.05) is 10.9 Å². The average molecular weight is 298 g/mol. The maximum atomic E-state index is 12.1. The Morgan fingerprint density at radius 3 is 2.50 bits per heavy atom. The molecule has 0 aliphatic heterocycles. The van der Waals surface area contributed by atoms with Gasteiger partial charge < -0.3 is 14.3 Å². The van der Waals surface area contributed by atoms with Crippen molar-refractivity contribution < 1.29 is 19.1 Å². The highest BCUT2D eigenvalue weighted by atomic mass is 16.5. The molecule has 0 fully saturated rings. The molecule has 3 aromatic rings. The minimum atomic E-state index is -1.06. The topological polar surface area (TPSA) is 76.7 Å². The lowest BCUT2D eigenvalue weighted by molar-refractivity contribution is -0.144. The number of carboxylic acid groups (broad SMARTS) is 1. The number of fused-ring (bicyclic) bond motifs is 3. The third kappa shape index (κ3) is 2.20. The van der Waals surface area contributed by atoms with E-state index >= 15 is 0 Å². The third-order valence-electron chi connectivity index (χ3n) is 3.64. The summed E-state index contributed by atoms with van der Waals surface area (Å²) in [4.78, 5) is 23.0. The van der Waals surface area contributed by atoms with Crippen LogP contribution in [0.3, 0.4) is 0 Å². The molecule has 0 unspecified atom stereocenters. The van der Waals surface area contributed by atoms with E-state index in [1.165, 1.54) is 6.92 Å². The van der Waals surface area contributed by atoms with Crippen LogP contribution in [0, 0.1) is 6.92 Å². The van der Waals surface area contributed by atoms with E-state index in [0.717, 1.165) is 10.8 Å². The number of aliphatic carboxylic acids is 1. The van der Waals surface area contributed by atoms with Crippen molar-refractivity contribution in [1.82, 2.24) is 0 Å². The molecular formula is C17H14O5. The molecule has 5 nitrogen and oxygen atoms in total. The summed E-state index contributed by atoms with van der Waals surface area (Å²) in [6.45, 7) is 3.19. The molecule has 1 N–H and O–H groups in total. The molecule has 3 rings (SSSR count). The van der Waals surface area contributed by atoms with Crippen molar-refractivity contribution in [2.24, 2.45) is 0 Å². The number of aryl methyl sites for hydroxylation is 1. The number of benzene rings is 2. The first kappa shape index (κ1) is 14.1. The normalized spacial score (nSPS) is 12.5. The molecule has 5 heteroatoms. The van der Waals surface area contributed by atoms with Crippen LogP contribution >= 0.6 is 0 Å². The highest BCUT2D eigenvalue weighted by molar-refractivity contribution is 6.05. The van der Waals surface area contributed by atoms with Crippen LogP contribution in [0.15, 0.2) is 45.6 Å². The molecule has 1 atom stereocenters. The summed E-state index contributed by atoms with van der Waals surface area (Å²) in [6.07, 6.45) is -0.983. The van der Waals surface area contributed by atoms with E-state index < -0.39 is 17.7 Å². The molecule has 0 bridgehead atoms. The Labute approximate surface area is 125 Å². The van der Waals surface area contributed by atoms with Gasteiger partial charge in [-0.05, 0) is 37.4 Å². The van der Waals surface area contributed by atoms with Gasteiger partial charge in [-0.3, -0.25) is 0 Å². The molecule has 0 aliphatic carbocycles. The second-order valence-electron chi connectivity index (χ2n) is 5.10. The molecule has 22 heavy (non-hydrogen) atoms. The lowest BCUT2D eigenvalue weighted by atomic mass is 10.0. The van der Waals surface area contributed by atoms with Crippen LogP contribution in [0.25, 0.3) is 21.7 Å². The summed E-state index contributed by atoms with van der Waals surface area (Å²) in [6, 6.07) is 10.7. The van der Waals surface area contributed by atoms with Gasteiger partial charge in [-0.2, -0.15) is 0 Å². The van der Waals surface area contributed by atoms with Crippen molar-refractivity contribution in [3.8, 4) is 5.75 Å². The SMILES string of the molecule is Cc1c(O[C@@H](C)C(=O)O)ccc2c1oc(=O)c1ccccc12. The van der Waals surface area contributed by atoms with Crippen LogP contribution in [0.4, 0.5) is 0 Å². The summed E-state index contributed by atoms with van der Waals surface area (Å²) in [5.41, 5.74) is 0.599. The zero-order valence-electron chi connectivity index (χ0n) is 12.1. The van der Waals surface area contributed by atoms with E-state index in [1.807, 2.05) is 12.1 Å². The molecule has 112 valence electrons. The van der Waals surface area contributed by atoms with E-state index in [-0.39, 0.29) is 0 Å². The van der Waals surface area contributed by atoms with Gasteiger partial charge in [0.05, 0.1) is 5.39 Å². The van der Waals surface area contributed by atoms with Crippen molar-refractivity contribution in [2.75, 3.05) is 0 Å². The van der Waals surface area contributed by atoms with E-state index in [2.05, 4.69) is 0 Å². The molecule has 0 aliphatic rings. The number of ether oxygens (including phenoxy) is 1. The molecule has 2 aromatic carbocycles. The van der Waals surface area contributed by atoms with Crippen molar-refractivity contribution in [3.63, 3.8) is 0 Å². The molecule has 0 spiro atoms. The summed E-state index contributed by atoms with van der Waals surface area (Å²) in [5.74, 6) is -0.666. The van der Waals surface area contributed by atoms with Gasteiger partial charge in [0.2, 0.25) is 0 Å². The number of rotatable bonds is 3. The molecule has 1 aromatic heterocycles. The summed E-state index contributed by atoms with van der Waals surface area (Å²) >= 11 is 0. The number of carboxylic acids is 1. The van der Waals surface area contributed by atoms with Crippen LogP contribution in [0.1, 0.15) is 12.5 Å². The number of carbonyl (C=O) groups is 1. The summed E-state index contributed by atoms with van der Waals surface area (Å²) in [7, 11) is 0. The molecule has 0 saturated carbocycles. The Kier molecular flexibility index (Phi) is 3.33. The molecule has 0 radical (unpaired) electrons. The summed E-state index contributed by atoms with van der Waals surface area (Å²) < 4.78 is 10.8. The molecule has 0 saturated heterocycles. The number of hydrogen-bond donors (Lipinski definition) is 1. The number of hydrogen-bond acceptors (Lipinski definition) is 4. The van der Waals surface area contributed by atoms with Crippen molar-refractivity contribution in [3.05, 3.63) is 52.4 Å². The Balaban J connectivity index is 2.26. The van der Waals surface area contributed by atoms with Crippen molar-refractivity contribution in [2.45, 2.75) is 20.0 Å². The molecule has 0 amide bonds. The van der Waals surface area contributed by atoms with Gasteiger partial charge >= 0.3 is 11.6 Å². The second-order valence-corrected chi connectivity index (χ2v) is 5.10. The lowest BCUT2D eigenvalue weighted by Gasteiger charge is -2.14. The highest BCUT2D eigenvalue weighted by Gasteiger charge is 2.17. The van der Waals surface area contributed by atoms with Gasteiger partial charge in [-0.15, -0.1) is 0 Å². The van der Waals surface area contributed by atoms with Crippen molar-refractivity contribution in [1.29, 1.82) is 0 Å². The zero-order chi connectivity index (χ0) is 15.9. The first-order valence-corrected chi connectivity index (χ1v) is 6.83. The van der Waals surface area contributed by atoms with E-state index in [0.29, 0.717) is 22.3 Å². The van der Waals surface area contributed by atoms with Gasteiger partial charge in [0.25, 0.3) is 0 Å². The minimum Gasteiger partial charge on any atom is -0.479 e. The Hall–Kier alpha value is -2.82. The zero-order valence-corrected chi connectivity index (χ0v) is 12.1. The highest BCUT2D eigenvalue weighted by Crippen LogP contribution is 2.31. The maximum absolute atomic E-state index is 12.1. The third-order valence-corrected chi connectivity index (χ3v) is 3.64. The Morgan fingerprint density at radius 2 is 1.82 bits per heavy atom. The Morgan fingerprint density at radius 1 is 1.14 bits per heavy atom. The van der Waals surface area contributed by atoms with Crippen LogP contribution < -0.4 is 10.4 Å². The van der Waals surface area contributed by atoms with E-state index in [1.54, 1.807) is 31.2 Å². The quantitative estimate of drug-likeness (QED) is 0.594. The van der Waals surface area contributed by atoms with Gasteiger partial charge in [0.15, 0.2) is 6.10 Å². The predicted octanol–water partition coefficient (Wildman–Crippen LogP) is 3.11. The van der Waals surface area contributed by atoms with Gasteiger partial charge in [0.1, 0.15) is 11.3 Å². The van der Waals surface area contributed by atoms with Crippen LogP contribution in [0.5, 0.6) is 5.75 Å². The van der Waals surface area contributed by atoms with Crippen LogP contribution in [-0.2, 0) is 4.79 Å². The molecule has 1 heterocycles. The summed E-state index contributed by atoms with van der Waals surface area (Å²) in [5, 5.41) is 11.0. The minimum absolute atomic E-state index is 0.390.